The summed E-state index contributed by atoms with van der Waals surface area (Å²) >= 11 is 0. The summed E-state index contributed by atoms with van der Waals surface area (Å²) in [5.74, 6) is 0. The smallest absolute Gasteiger partial charge is 0.286 e. The lowest BCUT2D eigenvalue weighted by Crippen LogP contribution is -2.15. The Morgan fingerprint density at radius 1 is 1.08 bits per heavy atom. The average Bonchev–Trinajstić information content (AvgIpc) is 2.10. The van der Waals surface area contributed by atoms with Crippen molar-refractivity contribution in [3.05, 3.63) is 11.8 Å². The van der Waals surface area contributed by atoms with Crippen LogP contribution in [0.4, 0.5) is 0 Å². The van der Waals surface area contributed by atoms with Crippen LogP contribution in [-0.2, 0) is 16.5 Å². The van der Waals surface area contributed by atoms with Gasteiger partial charge in [0.2, 0.25) is 0 Å². The van der Waals surface area contributed by atoms with Crippen molar-refractivity contribution < 1.29 is 16.5 Å². The minimum absolute atomic E-state index is 0.418. The van der Waals surface area contributed by atoms with Crippen molar-refractivity contribution in [2.75, 3.05) is 0 Å². The molecule has 0 aliphatic heterocycles. The van der Waals surface area contributed by atoms with E-state index in [1.807, 2.05) is 13.0 Å². The molecule has 0 aromatic rings. The standard InChI is InChI=1S/C3H16O4Si5/c1-2-3-9-5-11-7-12-6-10-4-8/h2-3H,9-12H2,1,8H3. The van der Waals surface area contributed by atoms with Gasteiger partial charge in [0.1, 0.15) is 10.5 Å². The van der Waals surface area contributed by atoms with Crippen molar-refractivity contribution in [3.8, 4) is 0 Å². The first-order chi connectivity index (χ1) is 5.91. The molecule has 12 heavy (non-hydrogen) atoms. The summed E-state index contributed by atoms with van der Waals surface area (Å²) in [5, 5.41) is 0. The molecule has 0 aromatic heterocycles. The van der Waals surface area contributed by atoms with Crippen LogP contribution >= 0.6 is 0 Å². The number of hydrogen-bond acceptors (Lipinski definition) is 4. The molecular formula is C3H16O4Si5. The summed E-state index contributed by atoms with van der Waals surface area (Å²) in [7, 11) is -1.74. The third-order valence-corrected chi connectivity index (χ3v) is 6.87. The lowest BCUT2D eigenvalue weighted by atomic mass is 10.8. The fraction of sp³-hybridized carbons (Fsp3) is 0.333. The predicted molar refractivity (Wildman–Crippen MR) is 63.3 cm³/mol. The Hall–Kier alpha value is 0.664. The van der Waals surface area contributed by atoms with E-state index in [0.717, 1.165) is 10.5 Å². The molecular weight excluding hydrogens is 240 g/mol. The van der Waals surface area contributed by atoms with Crippen LogP contribution in [0.5, 0.6) is 0 Å². The topological polar surface area (TPSA) is 36.9 Å². The summed E-state index contributed by atoms with van der Waals surface area (Å²) in [6.07, 6.45) is 2.02. The van der Waals surface area contributed by atoms with Gasteiger partial charge in [-0.1, -0.05) is 11.8 Å². The van der Waals surface area contributed by atoms with Gasteiger partial charge in [-0.3, -0.25) is 0 Å². The van der Waals surface area contributed by atoms with Crippen molar-refractivity contribution in [2.24, 2.45) is 0 Å². The lowest BCUT2D eigenvalue weighted by molar-refractivity contribution is 0.408. The highest BCUT2D eigenvalue weighted by Crippen LogP contribution is 1.74. The Morgan fingerprint density at radius 2 is 1.75 bits per heavy atom. The molecule has 0 aliphatic carbocycles. The fourth-order valence-corrected chi connectivity index (χ4v) is 7.38. The van der Waals surface area contributed by atoms with Gasteiger partial charge in [-0.05, 0) is 6.92 Å². The molecule has 4 nitrogen and oxygen atoms in total. The Kier molecular flexibility index (Phi) is 12.3. The summed E-state index contributed by atoms with van der Waals surface area (Å²) in [6.45, 7) is 2.00. The van der Waals surface area contributed by atoms with Crippen molar-refractivity contribution in [1.82, 2.24) is 0 Å². The van der Waals surface area contributed by atoms with Gasteiger partial charge in [0, 0.05) is 0 Å². The first kappa shape index (κ1) is 12.7. The monoisotopic (exact) mass is 256 g/mol. The minimum atomic E-state index is -0.740. The molecule has 0 saturated heterocycles. The van der Waals surface area contributed by atoms with Crippen LogP contribution in [0.15, 0.2) is 11.8 Å². The summed E-state index contributed by atoms with van der Waals surface area (Å²) in [4.78, 5) is 0. The molecule has 0 bridgehead atoms. The van der Waals surface area contributed by atoms with Crippen LogP contribution in [0.25, 0.3) is 0 Å². The van der Waals surface area contributed by atoms with Gasteiger partial charge in [0.05, 0.1) is 0 Å². The zero-order valence-corrected chi connectivity index (χ0v) is 15.3. The first-order valence-corrected chi connectivity index (χ1v) is 9.42. The predicted octanol–water partition coefficient (Wildman–Crippen LogP) is -4.05. The van der Waals surface area contributed by atoms with Gasteiger partial charge in [-0.25, -0.2) is 0 Å². The summed E-state index contributed by atoms with van der Waals surface area (Å²) < 4.78 is 20.8. The van der Waals surface area contributed by atoms with E-state index in [0.29, 0.717) is 0 Å². The minimum Gasteiger partial charge on any atom is -0.449 e. The van der Waals surface area contributed by atoms with Crippen LogP contribution < -0.4 is 0 Å². The highest BCUT2D eigenvalue weighted by Gasteiger charge is 1.89. The van der Waals surface area contributed by atoms with Crippen LogP contribution in [-0.4, -0.2) is 50.3 Å². The molecule has 72 valence electrons. The van der Waals surface area contributed by atoms with Gasteiger partial charge in [-0.15, -0.1) is 0 Å². The number of hydrogen-bond donors (Lipinski definition) is 0. The zero-order chi connectivity index (χ0) is 9.07. The Balaban J connectivity index is 2.81. The van der Waals surface area contributed by atoms with Crippen molar-refractivity contribution in [3.63, 3.8) is 0 Å². The van der Waals surface area contributed by atoms with Gasteiger partial charge < -0.3 is 16.5 Å². The third kappa shape index (κ3) is 10.7. The maximum absolute atomic E-state index is 5.36. The van der Waals surface area contributed by atoms with E-state index >= 15 is 0 Å². The Labute approximate surface area is 85.7 Å². The second-order valence-corrected chi connectivity index (χ2v) is 10.7. The van der Waals surface area contributed by atoms with E-state index in [-0.39, 0.29) is 0 Å². The molecule has 0 unspecified atom stereocenters. The third-order valence-electron chi connectivity index (χ3n) is 0.984. The average molecular weight is 257 g/mol. The normalized spacial score (nSPS) is 15.4. The number of rotatable bonds is 8. The first-order valence-electron chi connectivity index (χ1n) is 3.75. The molecule has 0 radical (unpaired) electrons. The highest BCUT2D eigenvalue weighted by molar-refractivity contribution is 6.48. The lowest BCUT2D eigenvalue weighted by Gasteiger charge is -2.03. The maximum Gasteiger partial charge on any atom is 0.286 e. The van der Waals surface area contributed by atoms with E-state index in [2.05, 4.69) is 5.70 Å². The van der Waals surface area contributed by atoms with Crippen LogP contribution in [0.1, 0.15) is 6.92 Å². The molecule has 0 saturated carbocycles. The van der Waals surface area contributed by atoms with Crippen molar-refractivity contribution in [2.45, 2.75) is 6.92 Å². The van der Waals surface area contributed by atoms with Crippen LogP contribution in [0.3, 0.4) is 0 Å². The second kappa shape index (κ2) is 11.7. The van der Waals surface area contributed by atoms with Crippen molar-refractivity contribution >= 4 is 50.3 Å². The highest BCUT2D eigenvalue weighted by atomic mass is 28.4. The van der Waals surface area contributed by atoms with Crippen LogP contribution in [0, 0.1) is 0 Å². The van der Waals surface area contributed by atoms with E-state index in [1.54, 1.807) is 0 Å². The molecule has 0 atom stereocenters. The maximum atomic E-state index is 5.36. The largest absolute Gasteiger partial charge is 0.449 e. The zero-order valence-electron chi connectivity index (χ0n) is 7.62. The molecule has 0 N–H and O–H groups in total. The molecule has 0 spiro atoms. The van der Waals surface area contributed by atoms with Gasteiger partial charge in [-0.2, -0.15) is 0 Å². The quantitative estimate of drug-likeness (QED) is 0.327. The second-order valence-electron chi connectivity index (χ2n) is 1.99. The van der Waals surface area contributed by atoms with Crippen LogP contribution in [0.2, 0.25) is 0 Å². The molecule has 0 rings (SSSR count). The molecule has 0 heterocycles. The molecule has 0 amide bonds. The Bertz CT molecular complexity index is 111. The van der Waals surface area contributed by atoms with Gasteiger partial charge >= 0.3 is 0 Å². The van der Waals surface area contributed by atoms with E-state index in [1.165, 1.54) is 0 Å². The van der Waals surface area contributed by atoms with E-state index in [4.69, 9.17) is 16.5 Å². The van der Waals surface area contributed by atoms with Crippen molar-refractivity contribution in [1.29, 1.82) is 0 Å². The van der Waals surface area contributed by atoms with Gasteiger partial charge in [0.15, 0.2) is 9.76 Å². The molecule has 0 fully saturated rings. The molecule has 0 aromatic carbocycles. The van der Waals surface area contributed by atoms with E-state index in [9.17, 15) is 0 Å². The van der Waals surface area contributed by atoms with Gasteiger partial charge in [0.25, 0.3) is 30.0 Å². The summed E-state index contributed by atoms with van der Waals surface area (Å²) in [6, 6.07) is 0. The summed E-state index contributed by atoms with van der Waals surface area (Å²) in [5.41, 5.74) is 2.11. The molecule has 0 aliphatic rings. The van der Waals surface area contributed by atoms with E-state index < -0.39 is 39.8 Å². The Morgan fingerprint density at radius 3 is 2.42 bits per heavy atom. The fourth-order valence-electron chi connectivity index (χ4n) is 0.482. The number of allylic oxidation sites excluding steroid dienone is 1. The SMILES string of the molecule is CC=C[SiH2]O[SiH2]O[SiH2]O[SiH2]O[SiH3]. The molecule has 9 heteroatoms.